The van der Waals surface area contributed by atoms with Gasteiger partial charge in [-0.3, -0.25) is 0 Å². The normalized spacial score (nSPS) is 18.1. The minimum Gasteiger partial charge on any atom is -0.488 e. The van der Waals surface area contributed by atoms with E-state index in [0.717, 1.165) is 11.8 Å². The van der Waals surface area contributed by atoms with Crippen molar-refractivity contribution in [2.75, 3.05) is 0 Å². The molecule has 28 heavy (non-hydrogen) atoms. The molecule has 0 bridgehead atoms. The molecule has 0 N–H and O–H groups in total. The summed E-state index contributed by atoms with van der Waals surface area (Å²) in [6, 6.07) is 6.99. The van der Waals surface area contributed by atoms with Crippen molar-refractivity contribution in [3.63, 3.8) is 0 Å². The van der Waals surface area contributed by atoms with Gasteiger partial charge in [0.15, 0.2) is 17.1 Å². The number of nitrogens with zero attached hydrogens (tertiary/aromatic N) is 4. The number of hydrogen-bond acceptors (Lipinski definition) is 4. The average molecular weight is 414 g/mol. The zero-order valence-electron chi connectivity index (χ0n) is 16.5. The lowest BCUT2D eigenvalue weighted by Gasteiger charge is -2.27. The van der Waals surface area contributed by atoms with Gasteiger partial charge in [-0.05, 0) is 19.4 Å². The molecule has 9 heteroatoms. The molecule has 150 valence electrons. The molecule has 1 aliphatic rings. The Hall–Kier alpha value is -2.48. The summed E-state index contributed by atoms with van der Waals surface area (Å²) in [5.41, 5.74) is -0.234. The standard InChI is InChI=1S/C19H20ClF3N4O/c1-12(2)28-15-8-24-18(20)27(10-15)9-13-4-6-14(7-5-13)17-25-16(11-26(17)3)19(21,22)23/h4-8,10-12,18H,9H2,1-3H3/i8D. The fourth-order valence-electron chi connectivity index (χ4n) is 2.70. The van der Waals surface area contributed by atoms with E-state index in [4.69, 9.17) is 17.7 Å². The van der Waals surface area contributed by atoms with E-state index < -0.39 is 17.5 Å². The fourth-order valence-corrected chi connectivity index (χ4v) is 2.88. The SMILES string of the molecule is [2H]C1=NC(Cl)N(Cc2ccc(-c3nc(C(F)(F)F)cn3C)cc2)C=C1OC(C)C. The van der Waals surface area contributed by atoms with Crippen molar-refractivity contribution in [3.8, 4) is 11.4 Å². The molecule has 1 aromatic heterocycles. The second kappa shape index (κ2) is 7.87. The molecule has 5 nitrogen and oxygen atoms in total. The highest BCUT2D eigenvalue weighted by Gasteiger charge is 2.34. The Morgan fingerprint density at radius 1 is 1.29 bits per heavy atom. The Kier molecular flexibility index (Phi) is 5.30. The first-order valence-corrected chi connectivity index (χ1v) is 9.01. The summed E-state index contributed by atoms with van der Waals surface area (Å²) < 4.78 is 53.4. The Balaban J connectivity index is 1.77. The predicted octanol–water partition coefficient (Wildman–Crippen LogP) is 4.78. The molecule has 0 amide bonds. The fraction of sp³-hybridized carbons (Fsp3) is 0.368. The van der Waals surface area contributed by atoms with Crippen molar-refractivity contribution in [1.29, 1.82) is 0 Å². The van der Waals surface area contributed by atoms with Crippen LogP contribution in [0, 0.1) is 0 Å². The topological polar surface area (TPSA) is 42.7 Å². The first-order valence-electron chi connectivity index (χ1n) is 9.07. The van der Waals surface area contributed by atoms with Crippen LogP contribution in [0.15, 0.2) is 47.4 Å². The summed E-state index contributed by atoms with van der Waals surface area (Å²) in [5.74, 6) is 0.564. The lowest BCUT2D eigenvalue weighted by Crippen LogP contribution is -2.28. The molecule has 1 aliphatic heterocycles. The number of aromatic nitrogens is 2. The van der Waals surface area contributed by atoms with Crippen molar-refractivity contribution in [1.82, 2.24) is 14.5 Å². The maximum Gasteiger partial charge on any atom is 0.434 e. The summed E-state index contributed by atoms with van der Waals surface area (Å²) in [6.45, 7) is 4.10. The van der Waals surface area contributed by atoms with E-state index in [1.54, 1.807) is 35.4 Å². The number of allylic oxidation sites excluding steroid dienone is 1. The van der Waals surface area contributed by atoms with Crippen LogP contribution in [0.4, 0.5) is 13.2 Å². The van der Waals surface area contributed by atoms with Crippen LogP contribution in [0.25, 0.3) is 11.4 Å². The van der Waals surface area contributed by atoms with Gasteiger partial charge in [0.2, 0.25) is 0 Å². The third kappa shape index (κ3) is 4.67. The number of rotatable bonds is 5. The molecule has 0 fully saturated rings. The number of alkyl halides is 4. The molecule has 1 unspecified atom stereocenters. The van der Waals surface area contributed by atoms with Gasteiger partial charge in [-0.1, -0.05) is 35.9 Å². The molecule has 2 heterocycles. The Morgan fingerprint density at radius 2 is 1.96 bits per heavy atom. The Morgan fingerprint density at radius 3 is 2.54 bits per heavy atom. The molecule has 0 saturated carbocycles. The number of benzene rings is 1. The Labute approximate surface area is 167 Å². The molecule has 0 spiro atoms. The van der Waals surface area contributed by atoms with Gasteiger partial charge in [0.25, 0.3) is 0 Å². The summed E-state index contributed by atoms with van der Waals surface area (Å²) >= 11 is 6.22. The molecule has 2 aromatic rings. The van der Waals surface area contributed by atoms with Crippen molar-refractivity contribution >= 4 is 17.8 Å². The predicted molar refractivity (Wildman–Crippen MR) is 102 cm³/mol. The van der Waals surface area contributed by atoms with Crippen LogP contribution in [-0.4, -0.2) is 32.4 Å². The monoisotopic (exact) mass is 413 g/mol. The number of aryl methyl sites for hydroxylation is 1. The first kappa shape index (κ1) is 18.9. The molecule has 1 atom stereocenters. The van der Waals surface area contributed by atoms with E-state index in [9.17, 15) is 13.2 Å². The van der Waals surface area contributed by atoms with Crippen molar-refractivity contribution in [3.05, 3.63) is 53.7 Å². The number of halogens is 4. The number of imidazole rings is 1. The van der Waals surface area contributed by atoms with Gasteiger partial charge in [0.1, 0.15) is 5.82 Å². The van der Waals surface area contributed by atoms with Crippen LogP contribution in [0.3, 0.4) is 0 Å². The van der Waals surface area contributed by atoms with Crippen molar-refractivity contribution in [2.24, 2.45) is 12.0 Å². The maximum atomic E-state index is 12.9. The smallest absolute Gasteiger partial charge is 0.434 e. The van der Waals surface area contributed by atoms with Gasteiger partial charge in [0, 0.05) is 31.6 Å². The summed E-state index contributed by atoms with van der Waals surface area (Å²) in [6.07, 6.45) is -1.99. The minimum absolute atomic E-state index is 0.0134. The second-order valence-corrected chi connectivity index (χ2v) is 7.03. The third-order valence-corrected chi connectivity index (χ3v) is 4.29. The van der Waals surface area contributed by atoms with Crippen LogP contribution in [0.1, 0.15) is 26.5 Å². The highest BCUT2D eigenvalue weighted by Crippen LogP contribution is 2.30. The second-order valence-electron chi connectivity index (χ2n) is 6.64. The average Bonchev–Trinajstić information content (AvgIpc) is 3.01. The minimum atomic E-state index is -4.49. The zero-order valence-corrected chi connectivity index (χ0v) is 16.3. The highest BCUT2D eigenvalue weighted by atomic mass is 35.5. The van der Waals surface area contributed by atoms with Crippen molar-refractivity contribution in [2.45, 2.75) is 38.3 Å². The van der Waals surface area contributed by atoms with Gasteiger partial charge >= 0.3 is 6.18 Å². The van der Waals surface area contributed by atoms with Crippen LogP contribution in [-0.2, 0) is 24.5 Å². The van der Waals surface area contributed by atoms with Gasteiger partial charge in [-0.2, -0.15) is 13.2 Å². The molecule has 3 rings (SSSR count). The Bertz CT molecular complexity index is 938. The number of aliphatic imine (C=N–C) groups is 1. The molecule has 0 radical (unpaired) electrons. The van der Waals surface area contributed by atoms with Gasteiger partial charge in [0.05, 0.1) is 13.7 Å². The quantitative estimate of drug-likeness (QED) is 0.523. The zero-order chi connectivity index (χ0) is 21.3. The van der Waals surface area contributed by atoms with Gasteiger partial charge in [-0.25, -0.2) is 9.98 Å². The molecule has 1 aromatic carbocycles. The van der Waals surface area contributed by atoms with Gasteiger partial charge < -0.3 is 14.2 Å². The lowest BCUT2D eigenvalue weighted by atomic mass is 10.1. The van der Waals surface area contributed by atoms with Crippen LogP contribution < -0.4 is 0 Å². The van der Waals surface area contributed by atoms with Crippen LogP contribution in [0.5, 0.6) is 0 Å². The third-order valence-electron chi connectivity index (χ3n) is 3.94. The van der Waals surface area contributed by atoms with E-state index >= 15 is 0 Å². The lowest BCUT2D eigenvalue weighted by molar-refractivity contribution is -0.140. The van der Waals surface area contributed by atoms with Crippen LogP contribution in [0.2, 0.25) is 0 Å². The number of hydrogen-bond donors (Lipinski definition) is 0. The summed E-state index contributed by atoms with van der Waals surface area (Å²) in [5, 5.41) is 0. The molecular weight excluding hydrogens is 393 g/mol. The van der Waals surface area contributed by atoms with Crippen LogP contribution >= 0.6 is 11.6 Å². The highest BCUT2D eigenvalue weighted by molar-refractivity contribution is 6.20. The summed E-state index contributed by atoms with van der Waals surface area (Å²) in [4.78, 5) is 9.47. The molecule has 0 saturated heterocycles. The van der Waals surface area contributed by atoms with E-state index in [1.165, 1.54) is 11.6 Å². The van der Waals surface area contributed by atoms with E-state index in [2.05, 4.69) is 9.98 Å². The largest absolute Gasteiger partial charge is 0.488 e. The van der Waals surface area contributed by atoms with Crippen molar-refractivity contribution < 1.29 is 19.3 Å². The first-order chi connectivity index (χ1) is 13.5. The van der Waals surface area contributed by atoms with E-state index in [0.29, 0.717) is 17.9 Å². The maximum absolute atomic E-state index is 12.9. The number of ether oxygens (including phenoxy) is 1. The van der Waals surface area contributed by atoms with Gasteiger partial charge in [-0.15, -0.1) is 0 Å². The van der Waals surface area contributed by atoms with E-state index in [-0.39, 0.29) is 18.1 Å². The summed E-state index contributed by atoms with van der Waals surface area (Å²) in [7, 11) is 1.52. The molecule has 0 aliphatic carbocycles. The van der Waals surface area contributed by atoms with E-state index in [1.807, 2.05) is 13.8 Å². The molecular formula is C19H20ClF3N4O.